The Bertz CT molecular complexity index is 482. The van der Waals surface area contributed by atoms with Gasteiger partial charge in [0.15, 0.2) is 5.97 Å². The molecule has 1 heterocycles. The van der Waals surface area contributed by atoms with E-state index in [4.69, 9.17) is 0 Å². The number of carboxylic acid groups (broad SMARTS) is 1. The number of nitrogens with zero attached hydrogens (tertiary/aromatic N) is 2. The first kappa shape index (κ1) is 22.7. The molecule has 0 radical (unpaired) electrons. The maximum absolute atomic E-state index is 11.1. The van der Waals surface area contributed by atoms with Crippen LogP contribution in [0.3, 0.4) is 0 Å². The molecule has 0 aromatic carbocycles. The van der Waals surface area contributed by atoms with Gasteiger partial charge in [0.25, 0.3) is 0 Å². The first-order valence-corrected chi connectivity index (χ1v) is 10.9. The summed E-state index contributed by atoms with van der Waals surface area (Å²) in [5.41, 5.74) is 0. The van der Waals surface area contributed by atoms with Gasteiger partial charge in [-0.25, -0.2) is 9.13 Å². The van der Waals surface area contributed by atoms with E-state index in [1.165, 1.54) is 89.9 Å². The molecule has 0 saturated heterocycles. The number of carboxylic acids is 1. The van der Waals surface area contributed by atoms with Gasteiger partial charge in [-0.3, -0.25) is 0 Å². The molecule has 0 spiro atoms. The van der Waals surface area contributed by atoms with Crippen LogP contribution in [0.2, 0.25) is 0 Å². The number of aromatic nitrogens is 2. The highest BCUT2D eigenvalue weighted by Gasteiger charge is 2.14. The zero-order valence-corrected chi connectivity index (χ0v) is 17.2. The summed E-state index contributed by atoms with van der Waals surface area (Å²) < 4.78 is 3.40. The average Bonchev–Trinajstić information content (AvgIpc) is 2.99. The van der Waals surface area contributed by atoms with Gasteiger partial charge in [-0.1, -0.05) is 90.4 Å². The van der Waals surface area contributed by atoms with Gasteiger partial charge in [0.1, 0.15) is 12.4 Å². The van der Waals surface area contributed by atoms with Crippen LogP contribution in [0.25, 0.3) is 0 Å². The van der Waals surface area contributed by atoms with Gasteiger partial charge in [-0.15, -0.1) is 0 Å². The summed E-state index contributed by atoms with van der Waals surface area (Å²) in [5, 5.41) is 11.1. The van der Waals surface area contributed by atoms with Crippen molar-refractivity contribution < 1.29 is 14.5 Å². The molecule has 0 fully saturated rings. The van der Waals surface area contributed by atoms with Crippen LogP contribution in [0, 0.1) is 0 Å². The number of hydrogen-bond acceptors (Lipinski definition) is 2. The Balaban J connectivity index is 1.88. The van der Waals surface area contributed by atoms with E-state index >= 15 is 0 Å². The minimum atomic E-state index is -1.10. The normalized spacial score (nSPS) is 11.2. The van der Waals surface area contributed by atoms with Crippen molar-refractivity contribution in [3.05, 3.63) is 18.2 Å². The fourth-order valence-corrected chi connectivity index (χ4v) is 3.62. The standard InChI is InChI=1S/C22H40N2O2/c1-3-4-5-6-7-8-9-10-11-12-13-14-15-16-17-18-24-20-19-23(2)21(24)22(25)26/h19-20H,3-18H2,1-2H3. The van der Waals surface area contributed by atoms with Gasteiger partial charge in [0, 0.05) is 0 Å². The van der Waals surface area contributed by atoms with Gasteiger partial charge in [0.2, 0.25) is 0 Å². The molecule has 0 bridgehead atoms. The van der Waals surface area contributed by atoms with Crippen molar-refractivity contribution in [1.29, 1.82) is 0 Å². The lowest BCUT2D eigenvalue weighted by Crippen LogP contribution is -2.41. The van der Waals surface area contributed by atoms with E-state index in [-0.39, 0.29) is 5.82 Å². The van der Waals surface area contributed by atoms with E-state index in [9.17, 15) is 9.90 Å². The Morgan fingerprint density at radius 3 is 1.69 bits per heavy atom. The predicted molar refractivity (Wildman–Crippen MR) is 105 cm³/mol. The second kappa shape index (κ2) is 14.8. The average molecular weight is 365 g/mol. The van der Waals surface area contributed by atoms with E-state index in [2.05, 4.69) is 6.92 Å². The molecule has 4 nitrogen and oxygen atoms in total. The second-order valence-corrected chi connectivity index (χ2v) is 7.66. The third-order valence-electron chi connectivity index (χ3n) is 5.26. The topological polar surface area (TPSA) is 48.9 Å². The van der Waals surface area contributed by atoms with Gasteiger partial charge in [-0.05, 0) is 12.8 Å². The summed E-state index contributed by atoms with van der Waals surface area (Å²) in [4.78, 5) is 11.1. The fraction of sp³-hybridized carbons (Fsp3) is 0.818. The summed E-state index contributed by atoms with van der Waals surface area (Å²) in [6.45, 7) is 3.04. The van der Waals surface area contributed by atoms with Crippen LogP contribution < -0.4 is 9.67 Å². The van der Waals surface area contributed by atoms with Crippen LogP contribution in [-0.4, -0.2) is 10.5 Å². The number of unbranched alkanes of at least 4 members (excludes halogenated alkanes) is 14. The Hall–Kier alpha value is -1.32. The van der Waals surface area contributed by atoms with Crippen molar-refractivity contribution in [2.75, 3.05) is 0 Å². The van der Waals surface area contributed by atoms with Crippen molar-refractivity contribution >= 4 is 5.97 Å². The maximum Gasteiger partial charge on any atom is 0.304 e. The van der Waals surface area contributed by atoms with Crippen LogP contribution in [0.15, 0.2) is 12.4 Å². The molecule has 26 heavy (non-hydrogen) atoms. The Morgan fingerprint density at radius 2 is 1.27 bits per heavy atom. The lowest BCUT2D eigenvalue weighted by atomic mass is 10.0. The summed E-state index contributed by atoms with van der Waals surface area (Å²) in [7, 11) is 1.74. The van der Waals surface area contributed by atoms with Gasteiger partial charge < -0.3 is 9.90 Å². The van der Waals surface area contributed by atoms with Crippen LogP contribution >= 0.6 is 0 Å². The molecule has 1 aromatic rings. The van der Waals surface area contributed by atoms with Gasteiger partial charge >= 0.3 is 5.82 Å². The highest BCUT2D eigenvalue weighted by atomic mass is 16.4. The maximum atomic E-state index is 11.1. The lowest BCUT2D eigenvalue weighted by molar-refractivity contribution is -0.675. The van der Waals surface area contributed by atoms with Crippen molar-refractivity contribution in [1.82, 2.24) is 4.57 Å². The van der Waals surface area contributed by atoms with E-state index in [0.29, 0.717) is 0 Å². The molecule has 1 aromatic heterocycles. The molecule has 0 aliphatic heterocycles. The largest absolute Gasteiger partial charge is 0.538 e. The van der Waals surface area contributed by atoms with Crippen molar-refractivity contribution in [3.63, 3.8) is 0 Å². The lowest BCUT2D eigenvalue weighted by Gasteiger charge is -2.04. The van der Waals surface area contributed by atoms with E-state index in [0.717, 1.165) is 13.0 Å². The molecule has 0 saturated carbocycles. The zero-order valence-electron chi connectivity index (χ0n) is 17.2. The van der Waals surface area contributed by atoms with Crippen LogP contribution in [-0.2, 0) is 13.6 Å². The molecule has 0 aliphatic carbocycles. The minimum Gasteiger partial charge on any atom is -0.538 e. The molecule has 0 aliphatic rings. The van der Waals surface area contributed by atoms with E-state index in [1.807, 2.05) is 6.20 Å². The van der Waals surface area contributed by atoms with Crippen LogP contribution in [0.5, 0.6) is 0 Å². The van der Waals surface area contributed by atoms with Crippen molar-refractivity contribution in [2.24, 2.45) is 7.05 Å². The quantitative estimate of drug-likeness (QED) is 0.301. The summed E-state index contributed by atoms with van der Waals surface area (Å²) >= 11 is 0. The molecule has 1 rings (SSSR count). The number of imidazole rings is 1. The predicted octanol–water partition coefficient (Wildman–Crippen LogP) is 4.55. The third-order valence-corrected chi connectivity index (χ3v) is 5.26. The monoisotopic (exact) mass is 364 g/mol. The number of rotatable bonds is 17. The zero-order chi connectivity index (χ0) is 19.0. The van der Waals surface area contributed by atoms with Gasteiger partial charge in [0.05, 0.1) is 13.6 Å². The summed E-state index contributed by atoms with van der Waals surface area (Å²) in [6.07, 6.45) is 23.8. The molecule has 0 N–H and O–H groups in total. The number of carbonyl (C=O) groups is 1. The Kier molecular flexibility index (Phi) is 12.9. The number of hydrogen-bond donors (Lipinski definition) is 0. The third kappa shape index (κ3) is 9.98. The van der Waals surface area contributed by atoms with E-state index < -0.39 is 5.97 Å². The first-order valence-electron chi connectivity index (χ1n) is 10.9. The highest BCUT2D eigenvalue weighted by Crippen LogP contribution is 2.13. The Labute approximate surface area is 160 Å². The second-order valence-electron chi connectivity index (χ2n) is 7.66. The van der Waals surface area contributed by atoms with Crippen molar-refractivity contribution in [3.8, 4) is 0 Å². The van der Waals surface area contributed by atoms with Gasteiger partial charge in [-0.2, -0.15) is 0 Å². The van der Waals surface area contributed by atoms with Crippen molar-refractivity contribution in [2.45, 2.75) is 110 Å². The molecule has 0 amide bonds. The van der Waals surface area contributed by atoms with E-state index in [1.54, 1.807) is 22.4 Å². The van der Waals surface area contributed by atoms with Crippen LogP contribution in [0.1, 0.15) is 114 Å². The molecule has 150 valence electrons. The molecule has 0 unspecified atom stereocenters. The molecule has 0 atom stereocenters. The van der Waals surface area contributed by atoms with Crippen LogP contribution in [0.4, 0.5) is 0 Å². The highest BCUT2D eigenvalue weighted by molar-refractivity contribution is 5.79. The number of carbonyl (C=O) groups excluding carboxylic acids is 1. The fourth-order valence-electron chi connectivity index (χ4n) is 3.62. The molecular formula is C22H40N2O2. The first-order chi connectivity index (χ1) is 12.7. The number of aromatic carboxylic acids is 1. The Morgan fingerprint density at radius 1 is 0.846 bits per heavy atom. The minimum absolute atomic E-state index is 0.260. The smallest absolute Gasteiger partial charge is 0.304 e. The number of aryl methyl sites for hydroxylation is 2. The summed E-state index contributed by atoms with van der Waals surface area (Å²) in [6, 6.07) is 0. The summed E-state index contributed by atoms with van der Waals surface area (Å²) in [5.74, 6) is -0.839. The molecule has 4 heteroatoms. The molecular weight excluding hydrogens is 324 g/mol. The SMILES string of the molecule is CCCCCCCCCCCCCCCCCn1cc[n+](C)c1C(=O)[O-].